The van der Waals surface area contributed by atoms with Crippen LogP contribution in [0.4, 0.5) is 0 Å². The molecular formula is C12H16N2O2. The summed E-state index contributed by atoms with van der Waals surface area (Å²) in [6, 6.07) is 3.50. The van der Waals surface area contributed by atoms with E-state index >= 15 is 0 Å². The minimum Gasteiger partial charge on any atom is -0.380 e. The number of nitrogens with zero attached hydrogens (tertiary/aromatic N) is 2. The van der Waals surface area contributed by atoms with Crippen LogP contribution in [0.25, 0.3) is 0 Å². The molecule has 1 fully saturated rings. The maximum atomic E-state index is 12.1. The van der Waals surface area contributed by atoms with Crippen molar-refractivity contribution >= 4 is 5.91 Å². The normalized spacial score (nSPS) is 20.8. The fraction of sp³-hybridized carbons (Fsp3) is 0.500. The van der Waals surface area contributed by atoms with Crippen molar-refractivity contribution in [2.45, 2.75) is 18.9 Å². The van der Waals surface area contributed by atoms with Gasteiger partial charge < -0.3 is 9.64 Å². The number of rotatable bonds is 2. The highest BCUT2D eigenvalue weighted by atomic mass is 16.5. The van der Waals surface area contributed by atoms with Gasteiger partial charge in [0, 0.05) is 38.2 Å². The van der Waals surface area contributed by atoms with Crippen molar-refractivity contribution in [1.29, 1.82) is 0 Å². The van der Waals surface area contributed by atoms with Gasteiger partial charge in [0.05, 0.1) is 6.10 Å². The van der Waals surface area contributed by atoms with Gasteiger partial charge in [0.2, 0.25) is 0 Å². The molecule has 4 heteroatoms. The molecule has 4 nitrogen and oxygen atoms in total. The van der Waals surface area contributed by atoms with Crippen LogP contribution in [0.5, 0.6) is 0 Å². The Hall–Kier alpha value is -1.42. The number of piperidine rings is 1. The number of carbonyl (C=O) groups excluding carboxylic acids is 1. The molecule has 1 amide bonds. The summed E-state index contributed by atoms with van der Waals surface area (Å²) in [6.45, 7) is 1.51. The molecule has 0 N–H and O–H groups in total. The molecule has 86 valence electrons. The number of hydrogen-bond acceptors (Lipinski definition) is 3. The number of methoxy groups -OCH3 is 1. The Bertz CT molecular complexity index is 353. The molecule has 1 saturated heterocycles. The summed E-state index contributed by atoms with van der Waals surface area (Å²) in [6.07, 6.45) is 5.52. The van der Waals surface area contributed by atoms with Crippen LogP contribution in [-0.4, -0.2) is 42.1 Å². The van der Waals surface area contributed by atoms with Gasteiger partial charge in [0.1, 0.15) is 0 Å². The van der Waals surface area contributed by atoms with Crippen LogP contribution in [0, 0.1) is 0 Å². The number of carbonyl (C=O) groups is 1. The third-order valence-corrected chi connectivity index (χ3v) is 2.93. The van der Waals surface area contributed by atoms with E-state index in [1.165, 1.54) is 0 Å². The lowest BCUT2D eigenvalue weighted by Crippen LogP contribution is -2.42. The minimum atomic E-state index is 0.0733. The highest BCUT2D eigenvalue weighted by Gasteiger charge is 2.23. The van der Waals surface area contributed by atoms with Gasteiger partial charge in [0.15, 0.2) is 0 Å². The Balaban J connectivity index is 2.05. The van der Waals surface area contributed by atoms with Crippen molar-refractivity contribution in [3.8, 4) is 0 Å². The van der Waals surface area contributed by atoms with Crippen LogP contribution in [-0.2, 0) is 4.74 Å². The van der Waals surface area contributed by atoms with Crippen molar-refractivity contribution < 1.29 is 9.53 Å². The van der Waals surface area contributed by atoms with E-state index in [-0.39, 0.29) is 12.0 Å². The molecule has 1 aromatic heterocycles. The molecular weight excluding hydrogens is 204 g/mol. The van der Waals surface area contributed by atoms with Gasteiger partial charge in [-0.3, -0.25) is 9.78 Å². The van der Waals surface area contributed by atoms with Crippen LogP contribution >= 0.6 is 0 Å². The second-order valence-electron chi connectivity index (χ2n) is 3.99. The zero-order valence-electron chi connectivity index (χ0n) is 9.43. The fourth-order valence-corrected chi connectivity index (χ4v) is 1.99. The van der Waals surface area contributed by atoms with E-state index < -0.39 is 0 Å². The van der Waals surface area contributed by atoms with Gasteiger partial charge in [-0.15, -0.1) is 0 Å². The van der Waals surface area contributed by atoms with E-state index in [1.54, 1.807) is 31.6 Å². The molecule has 0 bridgehead atoms. The van der Waals surface area contributed by atoms with E-state index in [9.17, 15) is 4.79 Å². The monoisotopic (exact) mass is 220 g/mol. The Morgan fingerprint density at radius 1 is 1.50 bits per heavy atom. The Labute approximate surface area is 95.2 Å². The van der Waals surface area contributed by atoms with Gasteiger partial charge in [-0.1, -0.05) is 0 Å². The molecule has 1 unspecified atom stereocenters. The average molecular weight is 220 g/mol. The molecule has 1 aliphatic rings. The van der Waals surface area contributed by atoms with Crippen LogP contribution in [0.2, 0.25) is 0 Å². The van der Waals surface area contributed by atoms with E-state index in [0.29, 0.717) is 12.1 Å². The first-order chi connectivity index (χ1) is 7.81. The van der Waals surface area contributed by atoms with Crippen molar-refractivity contribution in [1.82, 2.24) is 9.88 Å². The van der Waals surface area contributed by atoms with E-state index in [0.717, 1.165) is 19.4 Å². The maximum absolute atomic E-state index is 12.1. The minimum absolute atomic E-state index is 0.0733. The Morgan fingerprint density at radius 2 is 2.25 bits per heavy atom. The molecule has 0 aromatic carbocycles. The largest absolute Gasteiger partial charge is 0.380 e. The first kappa shape index (κ1) is 11.1. The highest BCUT2D eigenvalue weighted by Crippen LogP contribution is 2.15. The third-order valence-electron chi connectivity index (χ3n) is 2.93. The summed E-state index contributed by atoms with van der Waals surface area (Å²) in [4.78, 5) is 17.9. The number of ether oxygens (including phenoxy) is 1. The third kappa shape index (κ3) is 2.39. The molecule has 1 atom stereocenters. The van der Waals surface area contributed by atoms with Crippen LogP contribution in [0.3, 0.4) is 0 Å². The van der Waals surface area contributed by atoms with Crippen LogP contribution in [0.1, 0.15) is 23.2 Å². The first-order valence-electron chi connectivity index (χ1n) is 5.53. The number of likely N-dealkylation sites (tertiary alicyclic amines) is 1. The molecule has 1 aromatic rings. The predicted molar refractivity (Wildman–Crippen MR) is 60.2 cm³/mol. The number of hydrogen-bond donors (Lipinski definition) is 0. The summed E-state index contributed by atoms with van der Waals surface area (Å²) in [5.41, 5.74) is 0.701. The van der Waals surface area contributed by atoms with Crippen molar-refractivity contribution in [3.05, 3.63) is 30.1 Å². The Morgan fingerprint density at radius 3 is 2.94 bits per heavy atom. The lowest BCUT2D eigenvalue weighted by atomic mass is 10.1. The fourth-order valence-electron chi connectivity index (χ4n) is 1.99. The summed E-state index contributed by atoms with van der Waals surface area (Å²) in [7, 11) is 1.70. The molecule has 0 radical (unpaired) electrons. The summed E-state index contributed by atoms with van der Waals surface area (Å²) < 4.78 is 5.30. The number of pyridine rings is 1. The quantitative estimate of drug-likeness (QED) is 0.755. The van der Waals surface area contributed by atoms with Gasteiger partial charge in [-0.05, 0) is 25.0 Å². The van der Waals surface area contributed by atoms with Gasteiger partial charge in [-0.25, -0.2) is 0 Å². The molecule has 0 spiro atoms. The highest BCUT2D eigenvalue weighted by molar-refractivity contribution is 5.94. The first-order valence-corrected chi connectivity index (χ1v) is 5.53. The number of aromatic nitrogens is 1. The maximum Gasteiger partial charge on any atom is 0.254 e. The molecule has 16 heavy (non-hydrogen) atoms. The molecule has 0 saturated carbocycles. The van der Waals surface area contributed by atoms with Crippen molar-refractivity contribution in [2.75, 3.05) is 20.2 Å². The SMILES string of the molecule is COC1CCCN(C(=O)c2ccncc2)C1. The zero-order chi connectivity index (χ0) is 11.4. The zero-order valence-corrected chi connectivity index (χ0v) is 9.43. The molecule has 0 aliphatic carbocycles. The molecule has 1 aliphatic heterocycles. The van der Waals surface area contributed by atoms with Gasteiger partial charge in [0.25, 0.3) is 5.91 Å². The average Bonchev–Trinajstić information content (AvgIpc) is 2.39. The smallest absolute Gasteiger partial charge is 0.254 e. The summed E-state index contributed by atoms with van der Waals surface area (Å²) in [5, 5.41) is 0. The second kappa shape index (κ2) is 5.07. The second-order valence-corrected chi connectivity index (χ2v) is 3.99. The van der Waals surface area contributed by atoms with Crippen molar-refractivity contribution in [2.24, 2.45) is 0 Å². The molecule has 2 heterocycles. The lowest BCUT2D eigenvalue weighted by Gasteiger charge is -2.31. The van der Waals surface area contributed by atoms with Crippen LogP contribution in [0.15, 0.2) is 24.5 Å². The summed E-state index contributed by atoms with van der Waals surface area (Å²) in [5.74, 6) is 0.0733. The van der Waals surface area contributed by atoms with E-state index in [2.05, 4.69) is 4.98 Å². The van der Waals surface area contributed by atoms with Crippen molar-refractivity contribution in [3.63, 3.8) is 0 Å². The summed E-state index contributed by atoms with van der Waals surface area (Å²) >= 11 is 0. The lowest BCUT2D eigenvalue weighted by molar-refractivity contribution is 0.0269. The van der Waals surface area contributed by atoms with Crippen LogP contribution < -0.4 is 0 Å². The topological polar surface area (TPSA) is 42.4 Å². The molecule has 2 rings (SSSR count). The predicted octanol–water partition coefficient (Wildman–Crippen LogP) is 1.33. The Kier molecular flexibility index (Phi) is 3.51. The number of amides is 1. The van der Waals surface area contributed by atoms with Gasteiger partial charge >= 0.3 is 0 Å². The standard InChI is InChI=1S/C12H16N2O2/c1-16-11-3-2-8-14(9-11)12(15)10-4-6-13-7-5-10/h4-7,11H,2-3,8-9H2,1H3. The van der Waals surface area contributed by atoms with E-state index in [4.69, 9.17) is 4.74 Å². The van der Waals surface area contributed by atoms with Gasteiger partial charge in [-0.2, -0.15) is 0 Å². The van der Waals surface area contributed by atoms with E-state index in [1.807, 2.05) is 4.90 Å².